The summed E-state index contributed by atoms with van der Waals surface area (Å²) < 4.78 is 2.77. The van der Waals surface area contributed by atoms with Gasteiger partial charge in [0.2, 0.25) is 5.13 Å². The zero-order valence-electron chi connectivity index (χ0n) is 15.3. The minimum Gasteiger partial charge on any atom is -0.378 e. The highest BCUT2D eigenvalue weighted by Crippen LogP contribution is 2.27. The summed E-state index contributed by atoms with van der Waals surface area (Å²) in [4.78, 5) is 19.3. The molecule has 27 heavy (non-hydrogen) atoms. The highest BCUT2D eigenvalue weighted by Gasteiger charge is 2.15. The first kappa shape index (κ1) is 17.2. The van der Waals surface area contributed by atoms with Gasteiger partial charge in [0.1, 0.15) is 5.82 Å². The zero-order valence-corrected chi connectivity index (χ0v) is 16.1. The molecule has 0 spiro atoms. The number of rotatable bonds is 4. The molecule has 0 aliphatic heterocycles. The first-order valence-electron chi connectivity index (χ1n) is 8.52. The Labute approximate surface area is 161 Å². The highest BCUT2D eigenvalue weighted by atomic mass is 32.1. The van der Waals surface area contributed by atoms with Crippen molar-refractivity contribution in [3.63, 3.8) is 0 Å². The molecule has 0 fully saturated rings. The number of nitrogens with one attached hydrogen (secondary N) is 1. The molecule has 4 rings (SSSR count). The van der Waals surface area contributed by atoms with Crippen molar-refractivity contribution in [2.24, 2.45) is 0 Å². The molecule has 4 aromatic rings. The molecule has 0 saturated heterocycles. The van der Waals surface area contributed by atoms with Crippen molar-refractivity contribution in [3.05, 3.63) is 65.9 Å². The molecule has 0 unspecified atom stereocenters. The first-order chi connectivity index (χ1) is 13.0. The fraction of sp³-hybridized carbons (Fsp3) is 0.150. The molecule has 2 aromatic carbocycles. The Hall–Kier alpha value is -3.19. The molecule has 0 saturated carbocycles. The number of nitrogens with zero attached hydrogens (tertiary/aromatic N) is 4. The van der Waals surface area contributed by atoms with Crippen molar-refractivity contribution in [1.82, 2.24) is 14.8 Å². The lowest BCUT2D eigenvalue weighted by Gasteiger charge is -2.12. The van der Waals surface area contributed by atoms with Crippen LogP contribution in [0.4, 0.5) is 11.5 Å². The number of anilines is 2. The van der Waals surface area contributed by atoms with Gasteiger partial charge >= 0.3 is 0 Å². The number of benzene rings is 2. The molecule has 7 heteroatoms. The number of carbonyl (C=O) groups is 1. The molecule has 0 aliphatic carbocycles. The number of aryl methyl sites for hydroxylation is 1. The normalized spacial score (nSPS) is 10.9. The largest absolute Gasteiger partial charge is 0.378 e. The summed E-state index contributed by atoms with van der Waals surface area (Å²) in [6.45, 7) is 1.89. The Bertz CT molecular complexity index is 1080. The van der Waals surface area contributed by atoms with E-state index < -0.39 is 0 Å². The molecule has 2 heterocycles. The topological polar surface area (TPSA) is 63.1 Å². The number of hydrogen-bond acceptors (Lipinski definition) is 5. The lowest BCUT2D eigenvalue weighted by molar-refractivity contribution is 0.102. The number of fused-ring (bicyclic) bond motifs is 1. The Balaban J connectivity index is 1.63. The van der Waals surface area contributed by atoms with Crippen molar-refractivity contribution in [2.75, 3.05) is 24.3 Å². The van der Waals surface area contributed by atoms with Crippen LogP contribution in [0.2, 0.25) is 0 Å². The van der Waals surface area contributed by atoms with Gasteiger partial charge in [-0.25, -0.2) is 4.98 Å². The van der Waals surface area contributed by atoms with E-state index in [-0.39, 0.29) is 5.91 Å². The van der Waals surface area contributed by atoms with Gasteiger partial charge < -0.3 is 10.2 Å². The van der Waals surface area contributed by atoms with Crippen LogP contribution in [0, 0.1) is 6.92 Å². The number of aromatic nitrogens is 3. The summed E-state index contributed by atoms with van der Waals surface area (Å²) >= 11 is 1.54. The van der Waals surface area contributed by atoms with Gasteiger partial charge in [0.05, 0.1) is 15.9 Å². The number of carbonyl (C=O) groups excluding carboxylic acids is 1. The quantitative estimate of drug-likeness (QED) is 0.581. The Morgan fingerprint density at radius 3 is 2.56 bits per heavy atom. The summed E-state index contributed by atoms with van der Waals surface area (Å²) in [7, 11) is 3.93. The zero-order chi connectivity index (χ0) is 19.0. The average Bonchev–Trinajstić information content (AvgIpc) is 3.24. The van der Waals surface area contributed by atoms with Crippen LogP contribution in [0.15, 0.2) is 54.6 Å². The minimum absolute atomic E-state index is 0.178. The molecule has 6 nitrogen and oxygen atoms in total. The minimum atomic E-state index is -0.178. The van der Waals surface area contributed by atoms with E-state index in [1.54, 1.807) is 4.68 Å². The van der Waals surface area contributed by atoms with Crippen molar-refractivity contribution >= 4 is 39.0 Å². The number of thiazole rings is 1. The second-order valence-electron chi connectivity index (χ2n) is 6.44. The Morgan fingerprint density at radius 1 is 1.11 bits per heavy atom. The van der Waals surface area contributed by atoms with Gasteiger partial charge in [0.25, 0.3) is 5.91 Å². The van der Waals surface area contributed by atoms with Crippen LogP contribution in [0.5, 0.6) is 0 Å². The van der Waals surface area contributed by atoms with Gasteiger partial charge in [0.15, 0.2) is 0 Å². The second kappa shape index (κ2) is 6.85. The molecule has 1 N–H and O–H groups in total. The summed E-state index contributed by atoms with van der Waals surface area (Å²) in [5.41, 5.74) is 3.37. The van der Waals surface area contributed by atoms with Crippen LogP contribution in [-0.2, 0) is 0 Å². The third-order valence-electron chi connectivity index (χ3n) is 4.18. The molecule has 1 amide bonds. The summed E-state index contributed by atoms with van der Waals surface area (Å²) in [6.07, 6.45) is 0. The predicted octanol–water partition coefficient (Wildman–Crippen LogP) is 4.11. The van der Waals surface area contributed by atoms with Crippen molar-refractivity contribution in [2.45, 2.75) is 6.92 Å². The maximum absolute atomic E-state index is 12.7. The molecule has 2 aromatic heterocycles. The molecule has 0 radical (unpaired) electrons. The lowest BCUT2D eigenvalue weighted by Crippen LogP contribution is -2.15. The van der Waals surface area contributed by atoms with E-state index in [1.165, 1.54) is 11.3 Å². The van der Waals surface area contributed by atoms with Crippen molar-refractivity contribution in [3.8, 4) is 5.13 Å². The van der Waals surface area contributed by atoms with E-state index in [2.05, 4.69) is 15.4 Å². The lowest BCUT2D eigenvalue weighted by atomic mass is 10.2. The predicted molar refractivity (Wildman–Crippen MR) is 110 cm³/mol. The molecule has 136 valence electrons. The third-order valence-corrected chi connectivity index (χ3v) is 5.19. The molecule has 0 bridgehead atoms. The standard InChI is InChI=1S/C20H19N5OS/c1-13-12-18(22-19(26)14-8-10-15(11-9-14)24(2)3)25(23-13)20-21-16-6-4-5-7-17(16)27-20/h4-12H,1-3H3,(H,22,26). The fourth-order valence-electron chi connectivity index (χ4n) is 2.78. The molecular weight excluding hydrogens is 358 g/mol. The van der Waals surface area contributed by atoms with E-state index in [0.29, 0.717) is 11.4 Å². The van der Waals surface area contributed by atoms with Gasteiger partial charge in [-0.15, -0.1) is 0 Å². The van der Waals surface area contributed by atoms with Crippen molar-refractivity contribution < 1.29 is 4.79 Å². The summed E-state index contributed by atoms with van der Waals surface area (Å²) in [5, 5.41) is 8.18. The van der Waals surface area contributed by atoms with Crippen molar-refractivity contribution in [1.29, 1.82) is 0 Å². The highest BCUT2D eigenvalue weighted by molar-refractivity contribution is 7.20. The van der Waals surface area contributed by atoms with Crippen LogP contribution in [-0.4, -0.2) is 34.8 Å². The second-order valence-corrected chi connectivity index (χ2v) is 7.45. The van der Waals surface area contributed by atoms with Gasteiger partial charge in [-0.1, -0.05) is 23.5 Å². The Morgan fingerprint density at radius 2 is 1.85 bits per heavy atom. The molecule has 0 atom stereocenters. The third kappa shape index (κ3) is 3.41. The van der Waals surface area contributed by atoms with E-state index in [1.807, 2.05) is 80.5 Å². The van der Waals surface area contributed by atoms with E-state index >= 15 is 0 Å². The van der Waals surface area contributed by atoms with Gasteiger partial charge in [-0.2, -0.15) is 9.78 Å². The Kier molecular flexibility index (Phi) is 4.37. The number of para-hydroxylation sites is 1. The molecular formula is C20H19N5OS. The van der Waals surface area contributed by atoms with Crippen LogP contribution < -0.4 is 10.2 Å². The summed E-state index contributed by atoms with van der Waals surface area (Å²) in [6, 6.07) is 17.3. The van der Waals surface area contributed by atoms with E-state index in [9.17, 15) is 4.79 Å². The number of amides is 1. The monoisotopic (exact) mass is 377 g/mol. The average molecular weight is 377 g/mol. The maximum Gasteiger partial charge on any atom is 0.256 e. The fourth-order valence-corrected chi connectivity index (χ4v) is 3.72. The van der Waals surface area contributed by atoms with Gasteiger partial charge in [-0.3, -0.25) is 4.79 Å². The van der Waals surface area contributed by atoms with E-state index in [4.69, 9.17) is 0 Å². The molecule has 0 aliphatic rings. The maximum atomic E-state index is 12.7. The SMILES string of the molecule is Cc1cc(NC(=O)c2ccc(N(C)C)cc2)n(-c2nc3ccccc3s2)n1. The van der Waals surface area contributed by atoms with Gasteiger partial charge in [0, 0.05) is 31.4 Å². The smallest absolute Gasteiger partial charge is 0.256 e. The van der Waals surface area contributed by atoms with Crippen LogP contribution in [0.25, 0.3) is 15.3 Å². The van der Waals surface area contributed by atoms with Crippen LogP contribution in [0.1, 0.15) is 16.1 Å². The first-order valence-corrected chi connectivity index (χ1v) is 9.34. The summed E-state index contributed by atoms with van der Waals surface area (Å²) in [5.74, 6) is 0.427. The van der Waals surface area contributed by atoms with Crippen LogP contribution >= 0.6 is 11.3 Å². The van der Waals surface area contributed by atoms with Gasteiger partial charge in [-0.05, 0) is 43.3 Å². The van der Waals surface area contributed by atoms with E-state index in [0.717, 1.165) is 26.7 Å². The number of hydrogen-bond donors (Lipinski definition) is 1. The van der Waals surface area contributed by atoms with Crippen LogP contribution in [0.3, 0.4) is 0 Å².